The van der Waals surface area contributed by atoms with Gasteiger partial charge >= 0.3 is 6.01 Å². The van der Waals surface area contributed by atoms with Crippen LogP contribution in [0.15, 0.2) is 29.8 Å². The molecule has 72 valence electrons. The van der Waals surface area contributed by atoms with Gasteiger partial charge in [0.2, 0.25) is 0 Å². The summed E-state index contributed by atoms with van der Waals surface area (Å²) in [5.74, 6) is 1.18. The molecule has 14 heavy (non-hydrogen) atoms. The molecule has 1 heterocycles. The van der Waals surface area contributed by atoms with E-state index in [4.69, 9.17) is 16.3 Å². The Bertz CT molecular complexity index is 405. The highest BCUT2D eigenvalue weighted by Crippen LogP contribution is 2.20. The van der Waals surface area contributed by atoms with Gasteiger partial charge in [-0.25, -0.2) is 0 Å². The number of aromatic nitrogens is 2. The van der Waals surface area contributed by atoms with E-state index in [0.717, 1.165) is 5.56 Å². The largest absolute Gasteiger partial charge is 0.424 e. The van der Waals surface area contributed by atoms with Crippen LogP contribution in [0.2, 0.25) is 0 Å². The van der Waals surface area contributed by atoms with E-state index >= 15 is 0 Å². The van der Waals surface area contributed by atoms with E-state index in [0.29, 0.717) is 17.6 Å². The highest BCUT2D eigenvalue weighted by Gasteiger charge is 2.00. The Balaban J connectivity index is 2.17. The maximum Gasteiger partial charge on any atom is 0.333 e. The van der Waals surface area contributed by atoms with Crippen LogP contribution in [0.1, 0.15) is 5.56 Å². The van der Waals surface area contributed by atoms with E-state index < -0.39 is 0 Å². The van der Waals surface area contributed by atoms with Crippen LogP contribution in [0.3, 0.4) is 0 Å². The van der Waals surface area contributed by atoms with Crippen molar-refractivity contribution in [1.29, 1.82) is 0 Å². The molecule has 3 nitrogen and oxygen atoms in total. The lowest BCUT2D eigenvalue weighted by Gasteiger charge is -2.01. The summed E-state index contributed by atoms with van der Waals surface area (Å²) < 4.78 is 9.33. The molecule has 0 amide bonds. The standard InChI is InChI=1S/C9H7ClN2OS/c10-5-7-2-1-3-8(4-7)13-9-11-6-14-12-9/h1-4,6H,5H2. The third-order valence-corrected chi connectivity index (χ3v) is 2.37. The van der Waals surface area contributed by atoms with Gasteiger partial charge in [0.1, 0.15) is 11.3 Å². The summed E-state index contributed by atoms with van der Waals surface area (Å²) in [6.07, 6.45) is 0. The van der Waals surface area contributed by atoms with Gasteiger partial charge in [0.15, 0.2) is 0 Å². The molecule has 5 heteroatoms. The maximum atomic E-state index is 5.70. The van der Waals surface area contributed by atoms with Crippen LogP contribution in [0, 0.1) is 0 Å². The van der Waals surface area contributed by atoms with E-state index in [1.807, 2.05) is 24.3 Å². The quantitative estimate of drug-likeness (QED) is 0.755. The summed E-state index contributed by atoms with van der Waals surface area (Å²) in [5, 5.41) is 0. The van der Waals surface area contributed by atoms with Crippen molar-refractivity contribution < 1.29 is 4.74 Å². The first-order valence-electron chi connectivity index (χ1n) is 3.97. The number of halogens is 1. The predicted octanol–water partition coefficient (Wildman–Crippen LogP) is 3.07. The fourth-order valence-electron chi connectivity index (χ4n) is 1.00. The Hall–Kier alpha value is -1.13. The Labute approximate surface area is 90.5 Å². The van der Waals surface area contributed by atoms with Crippen molar-refractivity contribution in [3.05, 3.63) is 35.3 Å². The average Bonchev–Trinajstić information content (AvgIpc) is 2.71. The fraction of sp³-hybridized carbons (Fsp3) is 0.111. The number of rotatable bonds is 3. The molecule has 0 radical (unpaired) electrons. The Morgan fingerprint density at radius 3 is 3.07 bits per heavy atom. The predicted molar refractivity (Wildman–Crippen MR) is 56.0 cm³/mol. The minimum atomic E-state index is 0.377. The third kappa shape index (κ3) is 2.21. The van der Waals surface area contributed by atoms with Crippen molar-refractivity contribution in [3.63, 3.8) is 0 Å². The summed E-state index contributed by atoms with van der Waals surface area (Å²) in [6, 6.07) is 7.92. The second-order valence-corrected chi connectivity index (χ2v) is 3.47. The van der Waals surface area contributed by atoms with Gasteiger partial charge in [-0.3, -0.25) is 0 Å². The monoisotopic (exact) mass is 226 g/mol. The first-order valence-corrected chi connectivity index (χ1v) is 5.35. The summed E-state index contributed by atoms with van der Waals surface area (Å²) in [7, 11) is 0. The number of benzene rings is 1. The van der Waals surface area contributed by atoms with Gasteiger partial charge in [0.05, 0.1) is 0 Å². The first-order chi connectivity index (χ1) is 6.88. The molecule has 0 aliphatic heterocycles. The van der Waals surface area contributed by atoms with Gasteiger partial charge in [-0.1, -0.05) is 12.1 Å². The lowest BCUT2D eigenvalue weighted by Crippen LogP contribution is -1.86. The summed E-state index contributed by atoms with van der Waals surface area (Å²) >= 11 is 6.95. The normalized spacial score (nSPS) is 10.1. The molecule has 1 aromatic heterocycles. The van der Waals surface area contributed by atoms with Crippen LogP contribution in [-0.4, -0.2) is 9.36 Å². The van der Waals surface area contributed by atoms with E-state index in [1.165, 1.54) is 11.5 Å². The molecule has 0 saturated heterocycles. The average molecular weight is 227 g/mol. The molecule has 0 N–H and O–H groups in total. The van der Waals surface area contributed by atoms with Crippen molar-refractivity contribution in [1.82, 2.24) is 9.36 Å². The molecule has 0 aliphatic rings. The van der Waals surface area contributed by atoms with E-state index in [9.17, 15) is 0 Å². The van der Waals surface area contributed by atoms with Crippen molar-refractivity contribution in [3.8, 4) is 11.8 Å². The van der Waals surface area contributed by atoms with Gasteiger partial charge in [0.25, 0.3) is 0 Å². The van der Waals surface area contributed by atoms with Crippen LogP contribution in [0.4, 0.5) is 0 Å². The molecule has 0 spiro atoms. The lowest BCUT2D eigenvalue weighted by atomic mass is 10.2. The highest BCUT2D eigenvalue weighted by molar-refractivity contribution is 7.03. The number of ether oxygens (including phenoxy) is 1. The van der Waals surface area contributed by atoms with Crippen molar-refractivity contribution >= 4 is 23.1 Å². The Morgan fingerprint density at radius 2 is 2.36 bits per heavy atom. The summed E-state index contributed by atoms with van der Waals surface area (Å²) in [6.45, 7) is 0. The zero-order valence-corrected chi connectivity index (χ0v) is 8.76. The molecule has 2 aromatic rings. The van der Waals surface area contributed by atoms with Crippen LogP contribution < -0.4 is 4.74 Å². The molecule has 0 atom stereocenters. The van der Waals surface area contributed by atoms with Crippen molar-refractivity contribution in [2.75, 3.05) is 0 Å². The Kier molecular flexibility index (Phi) is 2.96. The zero-order chi connectivity index (χ0) is 9.80. The number of hydrogen-bond donors (Lipinski definition) is 0. The van der Waals surface area contributed by atoms with Gasteiger partial charge in [-0.05, 0) is 29.2 Å². The zero-order valence-electron chi connectivity index (χ0n) is 7.18. The van der Waals surface area contributed by atoms with E-state index in [1.54, 1.807) is 5.51 Å². The minimum Gasteiger partial charge on any atom is -0.424 e. The molecular formula is C9H7ClN2OS. The highest BCUT2D eigenvalue weighted by atomic mass is 35.5. The minimum absolute atomic E-state index is 0.377. The van der Waals surface area contributed by atoms with Gasteiger partial charge in [-0.15, -0.1) is 16.0 Å². The SMILES string of the molecule is ClCc1cccc(Oc2ncsn2)c1. The number of nitrogens with zero attached hydrogens (tertiary/aromatic N) is 2. The molecule has 0 fully saturated rings. The fourth-order valence-corrected chi connectivity index (χ4v) is 1.53. The number of alkyl halides is 1. The molecule has 0 bridgehead atoms. The second kappa shape index (κ2) is 4.39. The smallest absolute Gasteiger partial charge is 0.333 e. The molecular weight excluding hydrogens is 220 g/mol. The van der Waals surface area contributed by atoms with Gasteiger partial charge in [-0.2, -0.15) is 4.98 Å². The van der Waals surface area contributed by atoms with Gasteiger partial charge in [0, 0.05) is 5.88 Å². The van der Waals surface area contributed by atoms with Gasteiger partial charge < -0.3 is 4.74 Å². The maximum absolute atomic E-state index is 5.70. The molecule has 2 rings (SSSR count). The third-order valence-electron chi connectivity index (χ3n) is 1.60. The lowest BCUT2D eigenvalue weighted by molar-refractivity contribution is 0.449. The van der Waals surface area contributed by atoms with Crippen molar-refractivity contribution in [2.24, 2.45) is 0 Å². The van der Waals surface area contributed by atoms with Crippen LogP contribution >= 0.6 is 23.1 Å². The second-order valence-electron chi connectivity index (χ2n) is 2.60. The van der Waals surface area contributed by atoms with E-state index in [2.05, 4.69) is 9.36 Å². The molecule has 0 aliphatic carbocycles. The Morgan fingerprint density at radius 1 is 1.43 bits per heavy atom. The molecule has 0 unspecified atom stereocenters. The molecule has 0 saturated carbocycles. The van der Waals surface area contributed by atoms with Crippen molar-refractivity contribution in [2.45, 2.75) is 5.88 Å². The molecule has 1 aromatic carbocycles. The van der Waals surface area contributed by atoms with Crippen LogP contribution in [0.25, 0.3) is 0 Å². The summed E-state index contributed by atoms with van der Waals surface area (Å²) in [5.41, 5.74) is 2.64. The van der Waals surface area contributed by atoms with Crippen LogP contribution in [-0.2, 0) is 5.88 Å². The van der Waals surface area contributed by atoms with E-state index in [-0.39, 0.29) is 0 Å². The summed E-state index contributed by atoms with van der Waals surface area (Å²) in [4.78, 5) is 3.92. The topological polar surface area (TPSA) is 35.0 Å². The van der Waals surface area contributed by atoms with Crippen LogP contribution in [0.5, 0.6) is 11.8 Å². The first kappa shape index (κ1) is 9.43. The number of hydrogen-bond acceptors (Lipinski definition) is 4.